The Labute approximate surface area is 120 Å². The molecule has 0 radical (unpaired) electrons. The molecule has 0 bridgehead atoms. The van der Waals surface area contributed by atoms with Crippen LogP contribution < -0.4 is 10.1 Å². The van der Waals surface area contributed by atoms with Gasteiger partial charge in [0.25, 0.3) is 0 Å². The standard InChI is InChI=1S/C16H23NO3/c1-12-5-3-6-13(2)15(12)20-10-7-14(19)17-16(11-18)8-4-9-16/h3,5-6,18H,4,7-11H2,1-2H3,(H,17,19). The van der Waals surface area contributed by atoms with Crippen LogP contribution >= 0.6 is 0 Å². The highest BCUT2D eigenvalue weighted by molar-refractivity contribution is 5.77. The van der Waals surface area contributed by atoms with Gasteiger partial charge in [0.05, 0.1) is 25.2 Å². The van der Waals surface area contributed by atoms with Crippen molar-refractivity contribution in [2.75, 3.05) is 13.2 Å². The summed E-state index contributed by atoms with van der Waals surface area (Å²) in [6.45, 7) is 4.38. The average Bonchev–Trinajstić information content (AvgIpc) is 2.37. The number of aliphatic hydroxyl groups excluding tert-OH is 1. The van der Waals surface area contributed by atoms with Gasteiger partial charge in [-0.3, -0.25) is 4.79 Å². The molecule has 20 heavy (non-hydrogen) atoms. The second-order valence-corrected chi connectivity index (χ2v) is 5.66. The summed E-state index contributed by atoms with van der Waals surface area (Å²) < 4.78 is 5.71. The molecule has 1 amide bonds. The number of aliphatic hydroxyl groups is 1. The van der Waals surface area contributed by atoms with Gasteiger partial charge in [-0.05, 0) is 44.2 Å². The summed E-state index contributed by atoms with van der Waals surface area (Å²) in [6.07, 6.45) is 3.12. The smallest absolute Gasteiger partial charge is 0.223 e. The lowest BCUT2D eigenvalue weighted by Crippen LogP contribution is -2.56. The molecule has 0 spiro atoms. The molecule has 1 aliphatic rings. The van der Waals surface area contributed by atoms with Gasteiger partial charge in [-0.25, -0.2) is 0 Å². The number of carbonyl (C=O) groups excluding carboxylic acids is 1. The van der Waals surface area contributed by atoms with Crippen LogP contribution in [0, 0.1) is 13.8 Å². The van der Waals surface area contributed by atoms with E-state index < -0.39 is 0 Å². The molecule has 0 unspecified atom stereocenters. The third kappa shape index (κ3) is 3.31. The number of para-hydroxylation sites is 1. The number of benzene rings is 1. The summed E-state index contributed by atoms with van der Waals surface area (Å²) in [5, 5.41) is 12.2. The van der Waals surface area contributed by atoms with E-state index >= 15 is 0 Å². The Morgan fingerprint density at radius 3 is 2.50 bits per heavy atom. The summed E-state index contributed by atoms with van der Waals surface area (Å²) in [4.78, 5) is 11.9. The van der Waals surface area contributed by atoms with Crippen LogP contribution in [0.25, 0.3) is 0 Å². The molecule has 4 nitrogen and oxygen atoms in total. The Hall–Kier alpha value is -1.55. The van der Waals surface area contributed by atoms with Crippen LogP contribution in [0.4, 0.5) is 0 Å². The second-order valence-electron chi connectivity index (χ2n) is 5.66. The number of hydrogen-bond acceptors (Lipinski definition) is 3. The molecular formula is C16H23NO3. The number of hydrogen-bond donors (Lipinski definition) is 2. The topological polar surface area (TPSA) is 58.6 Å². The maximum Gasteiger partial charge on any atom is 0.223 e. The third-order valence-electron chi connectivity index (χ3n) is 4.00. The van der Waals surface area contributed by atoms with Gasteiger partial charge in [0.15, 0.2) is 0 Å². The summed E-state index contributed by atoms with van der Waals surface area (Å²) in [7, 11) is 0. The highest BCUT2D eigenvalue weighted by Crippen LogP contribution is 2.31. The monoisotopic (exact) mass is 277 g/mol. The molecule has 1 aromatic carbocycles. The van der Waals surface area contributed by atoms with Crippen molar-refractivity contribution < 1.29 is 14.6 Å². The molecule has 1 aromatic rings. The quantitative estimate of drug-likeness (QED) is 0.837. The predicted octanol–water partition coefficient (Wildman–Crippen LogP) is 2.10. The molecular weight excluding hydrogens is 254 g/mol. The minimum Gasteiger partial charge on any atom is -0.493 e. The zero-order valence-electron chi connectivity index (χ0n) is 12.2. The molecule has 1 aliphatic carbocycles. The van der Waals surface area contributed by atoms with Crippen molar-refractivity contribution in [3.05, 3.63) is 29.3 Å². The number of nitrogens with one attached hydrogen (secondary N) is 1. The molecule has 1 fully saturated rings. The SMILES string of the molecule is Cc1cccc(C)c1OCCC(=O)NC1(CO)CCC1. The maximum atomic E-state index is 11.9. The summed E-state index contributed by atoms with van der Waals surface area (Å²) in [6, 6.07) is 5.99. The van der Waals surface area contributed by atoms with Crippen LogP contribution in [0.15, 0.2) is 18.2 Å². The Kier molecular flexibility index (Phi) is 4.65. The summed E-state index contributed by atoms with van der Waals surface area (Å²) >= 11 is 0. The van der Waals surface area contributed by atoms with Crippen LogP contribution in [0.5, 0.6) is 5.75 Å². The van der Waals surface area contributed by atoms with Crippen LogP contribution in [-0.2, 0) is 4.79 Å². The maximum absolute atomic E-state index is 11.9. The highest BCUT2D eigenvalue weighted by Gasteiger charge is 2.37. The van der Waals surface area contributed by atoms with E-state index in [1.165, 1.54) is 0 Å². The number of amides is 1. The van der Waals surface area contributed by atoms with E-state index in [1.807, 2.05) is 32.0 Å². The Morgan fingerprint density at radius 2 is 2.00 bits per heavy atom. The van der Waals surface area contributed by atoms with E-state index in [9.17, 15) is 9.90 Å². The van der Waals surface area contributed by atoms with Crippen LogP contribution in [0.1, 0.15) is 36.8 Å². The molecule has 0 aromatic heterocycles. The zero-order valence-corrected chi connectivity index (χ0v) is 12.2. The van der Waals surface area contributed by atoms with E-state index in [1.54, 1.807) is 0 Å². The first kappa shape index (κ1) is 14.9. The average molecular weight is 277 g/mol. The van der Waals surface area contributed by atoms with Crippen molar-refractivity contribution in [3.8, 4) is 5.75 Å². The number of ether oxygens (including phenoxy) is 1. The van der Waals surface area contributed by atoms with Crippen LogP contribution in [0.2, 0.25) is 0 Å². The highest BCUT2D eigenvalue weighted by atomic mass is 16.5. The lowest BCUT2D eigenvalue weighted by molar-refractivity contribution is -0.125. The van der Waals surface area contributed by atoms with E-state index in [2.05, 4.69) is 5.32 Å². The van der Waals surface area contributed by atoms with Gasteiger partial charge in [-0.15, -0.1) is 0 Å². The lowest BCUT2D eigenvalue weighted by Gasteiger charge is -2.40. The van der Waals surface area contributed by atoms with Crippen molar-refractivity contribution >= 4 is 5.91 Å². The van der Waals surface area contributed by atoms with E-state index in [0.717, 1.165) is 36.1 Å². The van der Waals surface area contributed by atoms with Crippen molar-refractivity contribution in [2.24, 2.45) is 0 Å². The van der Waals surface area contributed by atoms with Crippen molar-refractivity contribution in [1.29, 1.82) is 0 Å². The minimum absolute atomic E-state index is 0.0243. The first-order valence-corrected chi connectivity index (χ1v) is 7.17. The molecule has 2 N–H and O–H groups in total. The fourth-order valence-electron chi connectivity index (χ4n) is 2.56. The van der Waals surface area contributed by atoms with Gasteiger partial charge in [0.1, 0.15) is 5.75 Å². The van der Waals surface area contributed by atoms with Crippen LogP contribution in [-0.4, -0.2) is 29.8 Å². The molecule has 110 valence electrons. The normalized spacial score (nSPS) is 16.4. The molecule has 0 saturated heterocycles. The molecule has 0 aliphatic heterocycles. The first-order chi connectivity index (χ1) is 9.56. The van der Waals surface area contributed by atoms with Gasteiger partial charge in [-0.1, -0.05) is 18.2 Å². The molecule has 2 rings (SSSR count). The molecule has 0 heterocycles. The van der Waals surface area contributed by atoms with E-state index in [4.69, 9.17) is 4.74 Å². The molecule has 4 heteroatoms. The first-order valence-electron chi connectivity index (χ1n) is 7.17. The van der Waals surface area contributed by atoms with Gasteiger partial charge in [0.2, 0.25) is 5.91 Å². The Morgan fingerprint density at radius 1 is 1.35 bits per heavy atom. The Balaban J connectivity index is 1.79. The molecule has 1 saturated carbocycles. The van der Waals surface area contributed by atoms with Gasteiger partial charge >= 0.3 is 0 Å². The van der Waals surface area contributed by atoms with Crippen molar-refractivity contribution in [2.45, 2.75) is 45.1 Å². The summed E-state index contributed by atoms with van der Waals surface area (Å²) in [5.74, 6) is 0.811. The number of carbonyl (C=O) groups is 1. The van der Waals surface area contributed by atoms with Crippen molar-refractivity contribution in [1.82, 2.24) is 5.32 Å². The van der Waals surface area contributed by atoms with Crippen molar-refractivity contribution in [3.63, 3.8) is 0 Å². The van der Waals surface area contributed by atoms with Gasteiger partial charge in [-0.2, -0.15) is 0 Å². The minimum atomic E-state index is -0.365. The Bertz CT molecular complexity index is 455. The number of aryl methyl sites for hydroxylation is 2. The molecule has 0 atom stereocenters. The van der Waals surface area contributed by atoms with E-state index in [-0.39, 0.29) is 18.1 Å². The largest absolute Gasteiger partial charge is 0.493 e. The number of rotatable bonds is 6. The second kappa shape index (κ2) is 6.27. The fraction of sp³-hybridized carbons (Fsp3) is 0.562. The lowest BCUT2D eigenvalue weighted by atomic mass is 9.77. The fourth-order valence-corrected chi connectivity index (χ4v) is 2.56. The third-order valence-corrected chi connectivity index (χ3v) is 4.00. The zero-order chi connectivity index (χ0) is 14.6. The van der Waals surface area contributed by atoms with Gasteiger partial charge < -0.3 is 15.2 Å². The predicted molar refractivity (Wildman–Crippen MR) is 77.8 cm³/mol. The summed E-state index contributed by atoms with van der Waals surface area (Å²) in [5.41, 5.74) is 1.79. The van der Waals surface area contributed by atoms with E-state index in [0.29, 0.717) is 13.0 Å². The van der Waals surface area contributed by atoms with Crippen LogP contribution in [0.3, 0.4) is 0 Å². The van der Waals surface area contributed by atoms with Gasteiger partial charge in [0, 0.05) is 0 Å².